The van der Waals surface area contributed by atoms with E-state index in [1.807, 2.05) is 20.8 Å². The third-order valence-corrected chi connectivity index (χ3v) is 2.53. The predicted molar refractivity (Wildman–Crippen MR) is 82.5 cm³/mol. The molecule has 0 unspecified atom stereocenters. The second-order valence-corrected chi connectivity index (χ2v) is 5.70. The van der Waals surface area contributed by atoms with Crippen LogP contribution in [0.5, 0.6) is 0 Å². The Kier molecular flexibility index (Phi) is 6.14. The largest absolute Gasteiger partial charge is 0.352 e. The van der Waals surface area contributed by atoms with Crippen LogP contribution in [-0.4, -0.2) is 31.0 Å². The summed E-state index contributed by atoms with van der Waals surface area (Å²) < 4.78 is 12.8. The molecule has 1 aromatic rings. The molecule has 0 saturated heterocycles. The molecule has 3 N–H and O–H groups in total. The van der Waals surface area contributed by atoms with Gasteiger partial charge in [0.05, 0.1) is 6.54 Å². The number of guanidine groups is 1. The van der Waals surface area contributed by atoms with Crippen LogP contribution in [0.15, 0.2) is 29.3 Å². The van der Waals surface area contributed by atoms with Crippen molar-refractivity contribution in [1.29, 1.82) is 0 Å². The van der Waals surface area contributed by atoms with Gasteiger partial charge in [-0.25, -0.2) is 4.39 Å². The molecule has 0 fully saturated rings. The van der Waals surface area contributed by atoms with Gasteiger partial charge in [0.2, 0.25) is 5.91 Å². The maximum absolute atomic E-state index is 12.8. The maximum Gasteiger partial charge on any atom is 0.239 e. The van der Waals surface area contributed by atoms with Crippen LogP contribution >= 0.6 is 0 Å². The fourth-order valence-corrected chi connectivity index (χ4v) is 1.64. The summed E-state index contributed by atoms with van der Waals surface area (Å²) >= 11 is 0. The highest BCUT2D eigenvalue weighted by Gasteiger charge is 2.13. The highest BCUT2D eigenvalue weighted by molar-refractivity contribution is 5.86. The Hall–Kier alpha value is -2.11. The van der Waals surface area contributed by atoms with Crippen LogP contribution < -0.4 is 16.0 Å². The number of halogens is 1. The standard InChI is InChI=1S/C15H23FN4O/c1-15(2,3)20-13(21)10-19-14(17-4)18-9-11-5-7-12(16)8-6-11/h5-8H,9-10H2,1-4H3,(H,20,21)(H2,17,18,19). The molecule has 6 heteroatoms. The SMILES string of the molecule is CN=C(NCC(=O)NC(C)(C)C)NCc1ccc(F)cc1. The molecule has 0 saturated carbocycles. The van der Waals surface area contributed by atoms with Crippen molar-refractivity contribution in [1.82, 2.24) is 16.0 Å². The van der Waals surface area contributed by atoms with Gasteiger partial charge >= 0.3 is 0 Å². The highest BCUT2D eigenvalue weighted by Crippen LogP contribution is 2.01. The average Bonchev–Trinajstić information content (AvgIpc) is 2.39. The number of carbonyl (C=O) groups excluding carboxylic acids is 1. The Labute approximate surface area is 125 Å². The van der Waals surface area contributed by atoms with E-state index in [0.717, 1.165) is 5.56 Å². The highest BCUT2D eigenvalue weighted by atomic mass is 19.1. The molecule has 1 aromatic carbocycles. The van der Waals surface area contributed by atoms with Crippen molar-refractivity contribution < 1.29 is 9.18 Å². The minimum Gasteiger partial charge on any atom is -0.352 e. The molecule has 0 aliphatic carbocycles. The Morgan fingerprint density at radius 1 is 1.19 bits per heavy atom. The summed E-state index contributed by atoms with van der Waals surface area (Å²) in [6, 6.07) is 6.21. The topological polar surface area (TPSA) is 65.5 Å². The van der Waals surface area contributed by atoms with E-state index >= 15 is 0 Å². The van der Waals surface area contributed by atoms with Gasteiger partial charge in [0.1, 0.15) is 5.82 Å². The first-order valence-corrected chi connectivity index (χ1v) is 6.80. The van der Waals surface area contributed by atoms with Gasteiger partial charge in [-0.05, 0) is 38.5 Å². The fourth-order valence-electron chi connectivity index (χ4n) is 1.64. The second-order valence-electron chi connectivity index (χ2n) is 5.70. The van der Waals surface area contributed by atoms with Crippen molar-refractivity contribution in [2.24, 2.45) is 4.99 Å². The van der Waals surface area contributed by atoms with E-state index in [0.29, 0.717) is 12.5 Å². The van der Waals surface area contributed by atoms with E-state index in [4.69, 9.17) is 0 Å². The minimum absolute atomic E-state index is 0.104. The van der Waals surface area contributed by atoms with Gasteiger partial charge in [0.15, 0.2) is 5.96 Å². The number of aliphatic imine (C=N–C) groups is 1. The molecule has 0 aliphatic heterocycles. The molecule has 1 amide bonds. The number of benzene rings is 1. The lowest BCUT2D eigenvalue weighted by molar-refractivity contribution is -0.121. The minimum atomic E-state index is -0.264. The number of amides is 1. The zero-order chi connectivity index (χ0) is 15.9. The first kappa shape index (κ1) is 16.9. The number of rotatable bonds is 4. The van der Waals surface area contributed by atoms with E-state index < -0.39 is 0 Å². The molecule has 0 radical (unpaired) electrons. The quantitative estimate of drug-likeness (QED) is 0.581. The molecule has 0 aliphatic rings. The van der Waals surface area contributed by atoms with Gasteiger partial charge in [0, 0.05) is 19.1 Å². The van der Waals surface area contributed by atoms with E-state index in [1.54, 1.807) is 19.2 Å². The van der Waals surface area contributed by atoms with Gasteiger partial charge in [-0.3, -0.25) is 9.79 Å². The molecular formula is C15H23FN4O. The van der Waals surface area contributed by atoms with Crippen LogP contribution in [0, 0.1) is 5.82 Å². The molecule has 0 spiro atoms. The predicted octanol–water partition coefficient (Wildman–Crippen LogP) is 1.41. The number of nitrogens with zero attached hydrogens (tertiary/aromatic N) is 1. The molecule has 0 bridgehead atoms. The zero-order valence-electron chi connectivity index (χ0n) is 13.0. The zero-order valence-corrected chi connectivity index (χ0v) is 13.0. The van der Waals surface area contributed by atoms with Crippen LogP contribution in [-0.2, 0) is 11.3 Å². The summed E-state index contributed by atoms with van der Waals surface area (Å²) in [5.41, 5.74) is 0.669. The summed E-state index contributed by atoms with van der Waals surface area (Å²) in [5.74, 6) is 0.149. The molecule has 1 rings (SSSR count). The van der Waals surface area contributed by atoms with Crippen molar-refractivity contribution >= 4 is 11.9 Å². The molecule has 0 aromatic heterocycles. The van der Waals surface area contributed by atoms with Crippen molar-refractivity contribution in [2.45, 2.75) is 32.9 Å². The third kappa shape index (κ3) is 7.29. The first-order valence-electron chi connectivity index (χ1n) is 6.80. The van der Waals surface area contributed by atoms with Gasteiger partial charge in [0.25, 0.3) is 0 Å². The Morgan fingerprint density at radius 2 is 1.81 bits per heavy atom. The molecule has 21 heavy (non-hydrogen) atoms. The molecule has 116 valence electrons. The van der Waals surface area contributed by atoms with Crippen LogP contribution in [0.25, 0.3) is 0 Å². The Bertz CT molecular complexity index is 491. The maximum atomic E-state index is 12.8. The van der Waals surface area contributed by atoms with Crippen molar-refractivity contribution in [3.63, 3.8) is 0 Å². The van der Waals surface area contributed by atoms with E-state index in [1.165, 1.54) is 12.1 Å². The van der Waals surface area contributed by atoms with E-state index in [-0.39, 0.29) is 23.8 Å². The van der Waals surface area contributed by atoms with Crippen LogP contribution in [0.4, 0.5) is 4.39 Å². The van der Waals surface area contributed by atoms with Crippen molar-refractivity contribution in [3.05, 3.63) is 35.6 Å². The lowest BCUT2D eigenvalue weighted by atomic mass is 10.1. The van der Waals surface area contributed by atoms with Crippen LogP contribution in [0.2, 0.25) is 0 Å². The summed E-state index contributed by atoms with van der Waals surface area (Å²) in [6.45, 7) is 6.41. The van der Waals surface area contributed by atoms with E-state index in [9.17, 15) is 9.18 Å². The molecule has 0 heterocycles. The van der Waals surface area contributed by atoms with E-state index in [2.05, 4.69) is 20.9 Å². The van der Waals surface area contributed by atoms with Crippen molar-refractivity contribution in [2.75, 3.05) is 13.6 Å². The third-order valence-electron chi connectivity index (χ3n) is 2.53. The van der Waals surface area contributed by atoms with Gasteiger partial charge < -0.3 is 16.0 Å². The molecule has 0 atom stereocenters. The van der Waals surface area contributed by atoms with Crippen LogP contribution in [0.3, 0.4) is 0 Å². The van der Waals surface area contributed by atoms with Gasteiger partial charge in [-0.2, -0.15) is 0 Å². The molecular weight excluding hydrogens is 271 g/mol. The summed E-state index contributed by atoms with van der Waals surface area (Å²) in [6.07, 6.45) is 0. The monoisotopic (exact) mass is 294 g/mol. The van der Waals surface area contributed by atoms with Gasteiger partial charge in [-0.15, -0.1) is 0 Å². The van der Waals surface area contributed by atoms with Crippen LogP contribution in [0.1, 0.15) is 26.3 Å². The molecule has 5 nitrogen and oxygen atoms in total. The number of nitrogens with one attached hydrogen (secondary N) is 3. The lowest BCUT2D eigenvalue weighted by Crippen LogP contribution is -2.48. The smallest absolute Gasteiger partial charge is 0.239 e. The second kappa shape index (κ2) is 7.61. The number of hydrogen-bond acceptors (Lipinski definition) is 2. The van der Waals surface area contributed by atoms with Crippen molar-refractivity contribution in [3.8, 4) is 0 Å². The number of hydrogen-bond donors (Lipinski definition) is 3. The summed E-state index contributed by atoms with van der Waals surface area (Å²) in [4.78, 5) is 15.7. The number of carbonyl (C=O) groups is 1. The summed E-state index contributed by atoms with van der Waals surface area (Å²) in [5, 5.41) is 8.84. The normalized spacial score (nSPS) is 12.0. The summed E-state index contributed by atoms with van der Waals surface area (Å²) in [7, 11) is 1.63. The Morgan fingerprint density at radius 3 is 2.33 bits per heavy atom. The average molecular weight is 294 g/mol. The van der Waals surface area contributed by atoms with Gasteiger partial charge in [-0.1, -0.05) is 12.1 Å². The Balaban J connectivity index is 2.39. The fraction of sp³-hybridized carbons (Fsp3) is 0.467. The lowest BCUT2D eigenvalue weighted by Gasteiger charge is -2.21. The first-order chi connectivity index (χ1) is 9.80.